The van der Waals surface area contributed by atoms with E-state index in [9.17, 15) is 0 Å². The molecule has 3 saturated carbocycles. The maximum absolute atomic E-state index is 4.01. The molecule has 0 heteroatoms. The van der Waals surface area contributed by atoms with Gasteiger partial charge in [0.1, 0.15) is 0 Å². The lowest BCUT2D eigenvalue weighted by molar-refractivity contribution is 0.166. The summed E-state index contributed by atoms with van der Waals surface area (Å²) in [5.74, 6) is 5.61. The van der Waals surface area contributed by atoms with Crippen molar-refractivity contribution >= 4 is 0 Å². The molecular weight excluding hydrogens is 372 g/mol. The molecule has 1 aromatic carbocycles. The van der Waals surface area contributed by atoms with E-state index in [-0.39, 0.29) is 0 Å². The van der Waals surface area contributed by atoms with Gasteiger partial charge in [-0.2, -0.15) is 0 Å². The van der Waals surface area contributed by atoms with Crippen LogP contribution in [0.2, 0.25) is 0 Å². The quantitative estimate of drug-likeness (QED) is 0.369. The minimum absolute atomic E-state index is 0.814. The van der Waals surface area contributed by atoms with Crippen LogP contribution in [0.5, 0.6) is 0 Å². The molecule has 0 saturated heterocycles. The van der Waals surface area contributed by atoms with Crippen LogP contribution in [-0.4, -0.2) is 0 Å². The van der Waals surface area contributed by atoms with E-state index in [1.165, 1.54) is 102 Å². The Morgan fingerprint density at radius 3 is 1.71 bits per heavy atom. The molecule has 0 amide bonds. The van der Waals surface area contributed by atoms with Crippen molar-refractivity contribution in [1.82, 2.24) is 0 Å². The van der Waals surface area contributed by atoms with Crippen LogP contribution in [0.1, 0.15) is 95.5 Å². The highest BCUT2D eigenvalue weighted by atomic mass is 14.3. The summed E-state index contributed by atoms with van der Waals surface area (Å²) in [6, 6.07) is 11.0. The lowest BCUT2D eigenvalue weighted by Gasteiger charge is -2.37. The molecule has 3 aliphatic rings. The van der Waals surface area contributed by atoms with E-state index in [1.54, 1.807) is 0 Å². The Bertz CT molecular complexity index is 647. The number of benzene rings is 1. The van der Waals surface area contributed by atoms with Crippen molar-refractivity contribution in [2.45, 2.75) is 96.3 Å². The van der Waals surface area contributed by atoms with Crippen molar-refractivity contribution in [2.24, 2.45) is 35.5 Å². The molecule has 0 spiro atoms. The highest BCUT2D eigenvalue weighted by Crippen LogP contribution is 2.42. The zero-order chi connectivity index (χ0) is 21.3. The van der Waals surface area contributed by atoms with Gasteiger partial charge in [-0.1, -0.05) is 55.0 Å². The predicted molar refractivity (Wildman–Crippen MR) is 135 cm³/mol. The van der Waals surface area contributed by atoms with Gasteiger partial charge < -0.3 is 0 Å². The fraction of sp³-hybridized carbons (Fsp3) is 0.677. The maximum Gasteiger partial charge on any atom is -0.0233 e. The second-order valence-electron chi connectivity index (χ2n) is 11.1. The van der Waals surface area contributed by atoms with E-state index in [0.717, 1.165) is 35.5 Å². The number of aryl methyl sites for hydroxylation is 1. The Morgan fingerprint density at radius 1 is 0.645 bits per heavy atom. The van der Waals surface area contributed by atoms with E-state index < -0.39 is 0 Å². The number of hydrogen-bond acceptors (Lipinski definition) is 0. The second-order valence-corrected chi connectivity index (χ2v) is 11.1. The lowest BCUT2D eigenvalue weighted by Crippen LogP contribution is -2.25. The first-order chi connectivity index (χ1) is 15.3. The monoisotopic (exact) mass is 418 g/mol. The van der Waals surface area contributed by atoms with Crippen molar-refractivity contribution in [2.75, 3.05) is 0 Å². The third-order valence-electron chi connectivity index (χ3n) is 9.10. The van der Waals surface area contributed by atoms with E-state index in [0.29, 0.717) is 0 Å². The third-order valence-corrected chi connectivity index (χ3v) is 9.10. The molecule has 3 aliphatic carbocycles. The Labute approximate surface area is 192 Å². The Morgan fingerprint density at radius 2 is 1.16 bits per heavy atom. The highest BCUT2D eigenvalue weighted by Gasteiger charge is 2.29. The summed E-state index contributed by atoms with van der Waals surface area (Å²) in [5.41, 5.74) is 1.51. The molecule has 1 aromatic rings. The van der Waals surface area contributed by atoms with Gasteiger partial charge in [-0.3, -0.25) is 0 Å². The molecule has 31 heavy (non-hydrogen) atoms. The fourth-order valence-electron chi connectivity index (χ4n) is 6.88. The molecule has 0 radical (unpaired) electrons. The van der Waals surface area contributed by atoms with Gasteiger partial charge >= 0.3 is 0 Å². The first kappa shape index (κ1) is 22.9. The zero-order valence-corrected chi connectivity index (χ0v) is 19.9. The van der Waals surface area contributed by atoms with Crippen LogP contribution < -0.4 is 0 Å². The SMILES string of the molecule is C=CC1CCC(C2CCC(C=CC3CCC(CCCc4ccccc4)CC3)CC2)CC1. The first-order valence-corrected chi connectivity index (χ1v) is 13.6. The summed E-state index contributed by atoms with van der Waals surface area (Å²) in [7, 11) is 0. The lowest BCUT2D eigenvalue weighted by atomic mass is 9.69. The Hall–Kier alpha value is -1.30. The first-order valence-electron chi connectivity index (χ1n) is 13.6. The molecule has 0 atom stereocenters. The van der Waals surface area contributed by atoms with Gasteiger partial charge in [0, 0.05) is 0 Å². The number of rotatable bonds is 8. The average molecular weight is 419 g/mol. The molecule has 3 fully saturated rings. The minimum atomic E-state index is 0.814. The van der Waals surface area contributed by atoms with Crippen molar-refractivity contribution < 1.29 is 0 Å². The number of allylic oxidation sites excluding steroid dienone is 3. The Balaban J connectivity index is 1.09. The summed E-state index contributed by atoms with van der Waals surface area (Å²) in [6.07, 6.45) is 29.0. The average Bonchev–Trinajstić information content (AvgIpc) is 2.85. The van der Waals surface area contributed by atoms with Crippen molar-refractivity contribution in [1.29, 1.82) is 0 Å². The molecule has 0 aromatic heterocycles. The van der Waals surface area contributed by atoms with E-state index in [2.05, 4.69) is 55.1 Å². The van der Waals surface area contributed by atoms with Crippen LogP contribution in [0.4, 0.5) is 0 Å². The molecule has 0 N–H and O–H groups in total. The van der Waals surface area contributed by atoms with Crippen LogP contribution in [0.3, 0.4) is 0 Å². The molecule has 0 aliphatic heterocycles. The van der Waals surface area contributed by atoms with Crippen molar-refractivity contribution in [3.63, 3.8) is 0 Å². The van der Waals surface area contributed by atoms with Crippen LogP contribution in [0, 0.1) is 35.5 Å². The minimum Gasteiger partial charge on any atom is -0.103 e. The van der Waals surface area contributed by atoms with E-state index in [4.69, 9.17) is 0 Å². The largest absolute Gasteiger partial charge is 0.103 e. The highest BCUT2D eigenvalue weighted by molar-refractivity contribution is 5.14. The second kappa shape index (κ2) is 12.1. The van der Waals surface area contributed by atoms with E-state index >= 15 is 0 Å². The molecular formula is C31H46. The molecule has 170 valence electrons. The smallest absolute Gasteiger partial charge is 0.0233 e. The van der Waals surface area contributed by atoms with Crippen molar-refractivity contribution in [3.05, 3.63) is 60.7 Å². The topological polar surface area (TPSA) is 0 Å². The predicted octanol–water partition coefficient (Wildman–Crippen LogP) is 9.17. The summed E-state index contributed by atoms with van der Waals surface area (Å²) >= 11 is 0. The van der Waals surface area contributed by atoms with Gasteiger partial charge in [-0.15, -0.1) is 6.58 Å². The van der Waals surface area contributed by atoms with Gasteiger partial charge in [0.25, 0.3) is 0 Å². The van der Waals surface area contributed by atoms with Gasteiger partial charge in [-0.05, 0) is 131 Å². The van der Waals surface area contributed by atoms with Gasteiger partial charge in [0.15, 0.2) is 0 Å². The van der Waals surface area contributed by atoms with E-state index in [1.807, 2.05) is 0 Å². The standard InChI is InChI=1S/C31H46/c1-2-25-17-21-30(22-18-25)31-23-19-29(20-24-31)16-15-28-13-11-27(12-14-28)10-6-9-26-7-4-3-5-8-26/h2-5,7-8,15-16,25,27-31H,1,6,9-14,17-24H2. The van der Waals surface area contributed by atoms with Crippen LogP contribution in [0.15, 0.2) is 55.1 Å². The molecule has 0 heterocycles. The summed E-state index contributed by atoms with van der Waals surface area (Å²) < 4.78 is 0. The van der Waals surface area contributed by atoms with Crippen LogP contribution >= 0.6 is 0 Å². The zero-order valence-electron chi connectivity index (χ0n) is 19.9. The molecule has 0 bridgehead atoms. The maximum atomic E-state index is 4.01. The van der Waals surface area contributed by atoms with Gasteiger partial charge in [-0.25, -0.2) is 0 Å². The summed E-state index contributed by atoms with van der Waals surface area (Å²) in [5, 5.41) is 0. The molecule has 0 unspecified atom stereocenters. The van der Waals surface area contributed by atoms with Gasteiger partial charge in [0.2, 0.25) is 0 Å². The van der Waals surface area contributed by atoms with Crippen LogP contribution in [0.25, 0.3) is 0 Å². The summed E-state index contributed by atoms with van der Waals surface area (Å²) in [4.78, 5) is 0. The molecule has 0 nitrogen and oxygen atoms in total. The normalized spacial score (nSPS) is 34.6. The van der Waals surface area contributed by atoms with Crippen molar-refractivity contribution in [3.8, 4) is 0 Å². The van der Waals surface area contributed by atoms with Gasteiger partial charge in [0.05, 0.1) is 0 Å². The fourth-order valence-corrected chi connectivity index (χ4v) is 6.88. The number of hydrogen-bond donors (Lipinski definition) is 0. The summed E-state index contributed by atoms with van der Waals surface area (Å²) in [6.45, 7) is 4.01. The van der Waals surface area contributed by atoms with Crippen LogP contribution in [-0.2, 0) is 6.42 Å². The molecule has 4 rings (SSSR count). The Kier molecular flexibility index (Phi) is 8.91. The third kappa shape index (κ3) is 7.10.